The molecule has 0 heterocycles. The van der Waals surface area contributed by atoms with Crippen LogP contribution in [0.3, 0.4) is 0 Å². The van der Waals surface area contributed by atoms with E-state index in [1.807, 2.05) is 0 Å². The SMILES string of the molecule is CCCCCCCCCCCCCC/C=C\CCCC(N)=O. The minimum atomic E-state index is -0.186. The molecule has 0 aliphatic carbocycles. The van der Waals surface area contributed by atoms with Crippen LogP contribution in [0.15, 0.2) is 12.2 Å². The van der Waals surface area contributed by atoms with Gasteiger partial charge in [-0.25, -0.2) is 0 Å². The molecule has 130 valence electrons. The molecule has 22 heavy (non-hydrogen) atoms. The predicted octanol–water partition coefficient (Wildman–Crippen LogP) is 6.29. The van der Waals surface area contributed by atoms with Gasteiger partial charge in [-0.05, 0) is 25.7 Å². The highest BCUT2D eigenvalue weighted by molar-refractivity contribution is 5.73. The van der Waals surface area contributed by atoms with E-state index >= 15 is 0 Å². The molecule has 0 aromatic carbocycles. The van der Waals surface area contributed by atoms with Crippen LogP contribution in [-0.2, 0) is 4.79 Å². The Labute approximate surface area is 138 Å². The summed E-state index contributed by atoms with van der Waals surface area (Å²) in [5.41, 5.74) is 5.10. The quantitative estimate of drug-likeness (QED) is 0.249. The first-order chi connectivity index (χ1) is 10.8. The lowest BCUT2D eigenvalue weighted by molar-refractivity contribution is -0.118. The Morgan fingerprint density at radius 2 is 1.09 bits per heavy atom. The molecule has 0 aromatic heterocycles. The second-order valence-corrected chi connectivity index (χ2v) is 6.51. The van der Waals surface area contributed by atoms with E-state index in [0.29, 0.717) is 6.42 Å². The molecule has 1 amide bonds. The smallest absolute Gasteiger partial charge is 0.217 e. The molecule has 0 unspecified atom stereocenters. The molecule has 0 spiro atoms. The monoisotopic (exact) mass is 309 g/mol. The number of hydrogen-bond donors (Lipinski definition) is 1. The molecule has 0 saturated heterocycles. The van der Waals surface area contributed by atoms with Crippen molar-refractivity contribution in [2.45, 2.75) is 110 Å². The molecule has 0 bridgehead atoms. The van der Waals surface area contributed by atoms with Crippen molar-refractivity contribution in [1.82, 2.24) is 0 Å². The standard InChI is InChI=1S/C20H39NO/c1-2-3-4-5-6-7-8-9-10-11-12-13-14-15-16-17-18-19-20(21)22/h15-16H,2-14,17-19H2,1H3,(H2,21,22)/b16-15-. The highest BCUT2D eigenvalue weighted by Crippen LogP contribution is 2.12. The van der Waals surface area contributed by atoms with Crippen molar-refractivity contribution in [3.05, 3.63) is 12.2 Å². The third-order valence-corrected chi connectivity index (χ3v) is 4.18. The average molecular weight is 310 g/mol. The second kappa shape index (κ2) is 18.3. The number of allylic oxidation sites excluding steroid dienone is 2. The van der Waals surface area contributed by atoms with Gasteiger partial charge in [0.05, 0.1) is 0 Å². The van der Waals surface area contributed by atoms with E-state index in [0.717, 1.165) is 12.8 Å². The van der Waals surface area contributed by atoms with Crippen LogP contribution in [-0.4, -0.2) is 5.91 Å². The number of hydrogen-bond acceptors (Lipinski definition) is 1. The van der Waals surface area contributed by atoms with Gasteiger partial charge in [0.25, 0.3) is 0 Å². The zero-order chi connectivity index (χ0) is 16.3. The summed E-state index contributed by atoms with van der Waals surface area (Å²) in [5.74, 6) is -0.186. The fraction of sp³-hybridized carbons (Fsp3) is 0.850. The molecule has 0 radical (unpaired) electrons. The van der Waals surface area contributed by atoms with Gasteiger partial charge in [0, 0.05) is 6.42 Å². The van der Waals surface area contributed by atoms with Gasteiger partial charge in [0.1, 0.15) is 0 Å². The summed E-state index contributed by atoms with van der Waals surface area (Å²) in [6.45, 7) is 2.28. The lowest BCUT2D eigenvalue weighted by atomic mass is 10.0. The van der Waals surface area contributed by atoms with Crippen LogP contribution in [0.1, 0.15) is 110 Å². The van der Waals surface area contributed by atoms with Crippen molar-refractivity contribution in [3.63, 3.8) is 0 Å². The van der Waals surface area contributed by atoms with Crippen LogP contribution in [0.2, 0.25) is 0 Å². The molecule has 2 nitrogen and oxygen atoms in total. The maximum atomic E-state index is 10.6. The van der Waals surface area contributed by atoms with Gasteiger partial charge >= 0.3 is 0 Å². The maximum Gasteiger partial charge on any atom is 0.217 e. The van der Waals surface area contributed by atoms with E-state index in [9.17, 15) is 4.79 Å². The molecule has 2 heteroatoms. The molecule has 0 fully saturated rings. The van der Waals surface area contributed by atoms with Gasteiger partial charge in [-0.1, -0.05) is 89.7 Å². The third kappa shape index (κ3) is 19.2. The van der Waals surface area contributed by atoms with Crippen molar-refractivity contribution >= 4 is 5.91 Å². The molecule has 0 aliphatic heterocycles. The summed E-state index contributed by atoms with van der Waals surface area (Å²) in [5, 5.41) is 0. The van der Waals surface area contributed by atoms with Crippen LogP contribution in [0.5, 0.6) is 0 Å². The van der Waals surface area contributed by atoms with Gasteiger partial charge in [-0.3, -0.25) is 4.79 Å². The van der Waals surface area contributed by atoms with Gasteiger partial charge in [0.2, 0.25) is 5.91 Å². The summed E-state index contributed by atoms with van der Waals surface area (Å²) in [7, 11) is 0. The summed E-state index contributed by atoms with van der Waals surface area (Å²) in [6, 6.07) is 0. The van der Waals surface area contributed by atoms with Crippen molar-refractivity contribution in [2.24, 2.45) is 5.73 Å². The average Bonchev–Trinajstić information content (AvgIpc) is 2.50. The summed E-state index contributed by atoms with van der Waals surface area (Å²) < 4.78 is 0. The molecule has 2 N–H and O–H groups in total. The van der Waals surface area contributed by atoms with Crippen molar-refractivity contribution in [3.8, 4) is 0 Å². The summed E-state index contributed by atoms with van der Waals surface area (Å²) in [6.07, 6.45) is 24.9. The highest BCUT2D eigenvalue weighted by atomic mass is 16.1. The van der Waals surface area contributed by atoms with Crippen LogP contribution < -0.4 is 5.73 Å². The van der Waals surface area contributed by atoms with E-state index < -0.39 is 0 Å². The summed E-state index contributed by atoms with van der Waals surface area (Å²) in [4.78, 5) is 10.6. The zero-order valence-electron chi connectivity index (χ0n) is 15.0. The minimum absolute atomic E-state index is 0.186. The van der Waals surface area contributed by atoms with Crippen LogP contribution in [0.25, 0.3) is 0 Å². The van der Waals surface area contributed by atoms with Gasteiger partial charge in [0.15, 0.2) is 0 Å². The Balaban J connectivity index is 3.05. The molecular weight excluding hydrogens is 270 g/mol. The largest absolute Gasteiger partial charge is 0.370 e. The van der Waals surface area contributed by atoms with E-state index in [1.54, 1.807) is 0 Å². The fourth-order valence-corrected chi connectivity index (χ4v) is 2.73. The van der Waals surface area contributed by atoms with Crippen LogP contribution in [0, 0.1) is 0 Å². The molecule has 0 rings (SSSR count). The first-order valence-corrected chi connectivity index (χ1v) is 9.70. The predicted molar refractivity (Wildman–Crippen MR) is 97.9 cm³/mol. The highest BCUT2D eigenvalue weighted by Gasteiger charge is 1.93. The molecule has 0 atom stereocenters. The molecular formula is C20H39NO. The van der Waals surface area contributed by atoms with E-state index in [1.165, 1.54) is 83.5 Å². The van der Waals surface area contributed by atoms with Gasteiger partial charge in [-0.2, -0.15) is 0 Å². The van der Waals surface area contributed by atoms with E-state index in [4.69, 9.17) is 5.73 Å². The Morgan fingerprint density at radius 3 is 1.55 bits per heavy atom. The van der Waals surface area contributed by atoms with Crippen molar-refractivity contribution in [1.29, 1.82) is 0 Å². The number of rotatable bonds is 17. The number of nitrogens with two attached hydrogens (primary N) is 1. The number of carbonyl (C=O) groups is 1. The van der Waals surface area contributed by atoms with Crippen LogP contribution in [0.4, 0.5) is 0 Å². The van der Waals surface area contributed by atoms with Crippen LogP contribution >= 0.6 is 0 Å². The van der Waals surface area contributed by atoms with Crippen molar-refractivity contribution in [2.75, 3.05) is 0 Å². The Hall–Kier alpha value is -0.790. The topological polar surface area (TPSA) is 43.1 Å². The van der Waals surface area contributed by atoms with Gasteiger partial charge < -0.3 is 5.73 Å². The molecule has 0 aromatic rings. The normalized spacial score (nSPS) is 11.3. The zero-order valence-corrected chi connectivity index (χ0v) is 15.0. The van der Waals surface area contributed by atoms with Crippen molar-refractivity contribution < 1.29 is 4.79 Å². The summed E-state index contributed by atoms with van der Waals surface area (Å²) >= 11 is 0. The fourth-order valence-electron chi connectivity index (χ4n) is 2.73. The molecule has 0 saturated carbocycles. The third-order valence-electron chi connectivity index (χ3n) is 4.18. The van der Waals surface area contributed by atoms with Gasteiger partial charge in [-0.15, -0.1) is 0 Å². The number of carbonyl (C=O) groups excluding carboxylic acids is 1. The first-order valence-electron chi connectivity index (χ1n) is 9.70. The number of amides is 1. The number of unbranched alkanes of at least 4 members (excludes halogenated alkanes) is 13. The lowest BCUT2D eigenvalue weighted by Crippen LogP contribution is -2.09. The lowest BCUT2D eigenvalue weighted by Gasteiger charge is -2.02. The molecule has 0 aliphatic rings. The maximum absolute atomic E-state index is 10.6. The minimum Gasteiger partial charge on any atom is -0.370 e. The Kier molecular flexibility index (Phi) is 17.6. The first kappa shape index (κ1) is 21.2. The Morgan fingerprint density at radius 1 is 0.682 bits per heavy atom. The Bertz CT molecular complexity index is 260. The number of primary amides is 1. The van der Waals surface area contributed by atoms with E-state index in [2.05, 4.69) is 19.1 Å². The van der Waals surface area contributed by atoms with E-state index in [-0.39, 0.29) is 5.91 Å². The second-order valence-electron chi connectivity index (χ2n) is 6.51.